The van der Waals surface area contributed by atoms with E-state index in [0.29, 0.717) is 5.92 Å². The van der Waals surface area contributed by atoms with Crippen molar-refractivity contribution in [1.82, 2.24) is 9.78 Å². The van der Waals surface area contributed by atoms with Crippen LogP contribution >= 0.6 is 0 Å². The van der Waals surface area contributed by atoms with E-state index >= 15 is 0 Å². The number of aryl methyl sites for hydroxylation is 2. The third-order valence-electron chi connectivity index (χ3n) is 3.79. The molecule has 0 saturated heterocycles. The van der Waals surface area contributed by atoms with Crippen LogP contribution in [0.2, 0.25) is 0 Å². The topological polar surface area (TPSA) is 46.9 Å². The summed E-state index contributed by atoms with van der Waals surface area (Å²) in [5, 5.41) is 7.24. The maximum absolute atomic E-state index is 12.1. The second-order valence-corrected chi connectivity index (χ2v) is 5.81. The van der Waals surface area contributed by atoms with Gasteiger partial charge < -0.3 is 5.32 Å². The molecular weight excluding hydrogens is 274 g/mol. The van der Waals surface area contributed by atoms with E-state index in [1.54, 1.807) is 6.08 Å². The normalized spacial score (nSPS) is 11.4. The average Bonchev–Trinajstić information content (AvgIpc) is 2.70. The fourth-order valence-corrected chi connectivity index (χ4v) is 2.35. The Kier molecular flexibility index (Phi) is 4.81. The number of anilines is 1. The highest BCUT2D eigenvalue weighted by molar-refractivity contribution is 6.02. The lowest BCUT2D eigenvalue weighted by atomic mass is 10.0. The Balaban J connectivity index is 2.10. The van der Waals surface area contributed by atoms with Gasteiger partial charge in [-0.1, -0.05) is 26.0 Å². The van der Waals surface area contributed by atoms with Gasteiger partial charge in [0.15, 0.2) is 0 Å². The van der Waals surface area contributed by atoms with Gasteiger partial charge in [0.2, 0.25) is 5.91 Å². The Bertz CT molecular complexity index is 711. The van der Waals surface area contributed by atoms with Crippen molar-refractivity contribution in [3.05, 3.63) is 52.9 Å². The highest BCUT2D eigenvalue weighted by Gasteiger charge is 2.07. The zero-order valence-electron chi connectivity index (χ0n) is 13.8. The highest BCUT2D eigenvalue weighted by Crippen LogP contribution is 2.19. The summed E-state index contributed by atoms with van der Waals surface area (Å²) in [7, 11) is 1.90. The number of carbonyl (C=O) groups is 1. The summed E-state index contributed by atoms with van der Waals surface area (Å²) in [4.78, 5) is 12.1. The van der Waals surface area contributed by atoms with Crippen LogP contribution < -0.4 is 5.32 Å². The predicted molar refractivity (Wildman–Crippen MR) is 90.9 cm³/mol. The first-order chi connectivity index (χ1) is 10.4. The van der Waals surface area contributed by atoms with Gasteiger partial charge in [-0.3, -0.25) is 9.48 Å². The first kappa shape index (κ1) is 16.0. The number of aromatic nitrogens is 2. The predicted octanol–water partition coefficient (Wildman–Crippen LogP) is 3.81. The molecule has 0 aliphatic heterocycles. The molecule has 0 spiro atoms. The molecule has 0 aliphatic rings. The molecule has 116 valence electrons. The quantitative estimate of drug-likeness (QED) is 0.872. The van der Waals surface area contributed by atoms with E-state index in [9.17, 15) is 4.79 Å². The fourth-order valence-electron chi connectivity index (χ4n) is 2.35. The molecule has 1 aromatic heterocycles. The molecule has 0 fully saturated rings. The number of hydrogen-bond acceptors (Lipinski definition) is 2. The number of rotatable bonds is 4. The van der Waals surface area contributed by atoms with Gasteiger partial charge in [0.05, 0.1) is 5.69 Å². The van der Waals surface area contributed by atoms with E-state index in [0.717, 1.165) is 22.6 Å². The van der Waals surface area contributed by atoms with Crippen molar-refractivity contribution in [3.63, 3.8) is 0 Å². The molecule has 0 bridgehead atoms. The van der Waals surface area contributed by atoms with Crippen LogP contribution in [0.3, 0.4) is 0 Å². The largest absolute Gasteiger partial charge is 0.323 e. The lowest BCUT2D eigenvalue weighted by Crippen LogP contribution is -2.08. The summed E-state index contributed by atoms with van der Waals surface area (Å²) in [5.74, 6) is 0.302. The van der Waals surface area contributed by atoms with E-state index < -0.39 is 0 Å². The van der Waals surface area contributed by atoms with E-state index in [2.05, 4.69) is 30.3 Å². The highest BCUT2D eigenvalue weighted by atomic mass is 16.1. The van der Waals surface area contributed by atoms with Crippen molar-refractivity contribution in [3.8, 4) is 0 Å². The van der Waals surface area contributed by atoms with Crippen molar-refractivity contribution in [1.29, 1.82) is 0 Å². The third kappa shape index (κ3) is 3.64. The van der Waals surface area contributed by atoms with Crippen LogP contribution in [-0.4, -0.2) is 15.7 Å². The summed E-state index contributed by atoms with van der Waals surface area (Å²) in [5.41, 5.74) is 4.99. The van der Waals surface area contributed by atoms with E-state index in [-0.39, 0.29) is 5.91 Å². The van der Waals surface area contributed by atoms with Crippen molar-refractivity contribution >= 4 is 17.7 Å². The fraction of sp³-hybridized carbons (Fsp3) is 0.333. The molecular formula is C18H23N3O. The smallest absolute Gasteiger partial charge is 0.248 e. The number of amides is 1. The van der Waals surface area contributed by atoms with Gasteiger partial charge in [-0.15, -0.1) is 0 Å². The van der Waals surface area contributed by atoms with Crippen molar-refractivity contribution in [2.75, 3.05) is 5.32 Å². The van der Waals surface area contributed by atoms with Crippen LogP contribution in [0.4, 0.5) is 5.69 Å². The lowest BCUT2D eigenvalue weighted by molar-refractivity contribution is -0.111. The first-order valence-corrected chi connectivity index (χ1v) is 7.47. The second kappa shape index (κ2) is 6.60. The number of carbonyl (C=O) groups excluding carboxylic acids is 1. The van der Waals surface area contributed by atoms with Crippen LogP contribution in [0.25, 0.3) is 6.08 Å². The van der Waals surface area contributed by atoms with Crippen LogP contribution in [0.5, 0.6) is 0 Å². The Morgan fingerprint density at radius 3 is 2.64 bits per heavy atom. The molecule has 0 saturated carbocycles. The van der Waals surface area contributed by atoms with Crippen LogP contribution in [0, 0.1) is 13.8 Å². The van der Waals surface area contributed by atoms with Crippen molar-refractivity contribution in [2.24, 2.45) is 7.05 Å². The molecule has 2 aromatic rings. The monoisotopic (exact) mass is 297 g/mol. The average molecular weight is 297 g/mol. The molecule has 1 heterocycles. The molecule has 4 nitrogen and oxygen atoms in total. The SMILES string of the molecule is Cc1nn(C)c(C)c1/C=C/C(=O)Nc1cccc(C(C)C)c1. The van der Waals surface area contributed by atoms with Gasteiger partial charge in [0.1, 0.15) is 0 Å². The molecule has 1 aromatic carbocycles. The Hall–Kier alpha value is -2.36. The van der Waals surface area contributed by atoms with E-state index in [1.165, 1.54) is 5.56 Å². The van der Waals surface area contributed by atoms with Gasteiger partial charge in [0, 0.05) is 30.1 Å². The minimum absolute atomic E-state index is 0.136. The Morgan fingerprint density at radius 1 is 1.32 bits per heavy atom. The molecule has 4 heteroatoms. The summed E-state index contributed by atoms with van der Waals surface area (Å²) in [6, 6.07) is 7.94. The molecule has 1 N–H and O–H groups in total. The maximum atomic E-state index is 12.1. The van der Waals surface area contributed by atoms with E-state index in [1.807, 2.05) is 49.9 Å². The van der Waals surface area contributed by atoms with Crippen LogP contribution in [0.1, 0.15) is 42.3 Å². The van der Waals surface area contributed by atoms with Crippen molar-refractivity contribution in [2.45, 2.75) is 33.6 Å². The maximum Gasteiger partial charge on any atom is 0.248 e. The molecule has 22 heavy (non-hydrogen) atoms. The molecule has 0 unspecified atom stereocenters. The minimum atomic E-state index is -0.136. The summed E-state index contributed by atoms with van der Waals surface area (Å²) < 4.78 is 1.82. The van der Waals surface area contributed by atoms with Crippen LogP contribution in [-0.2, 0) is 11.8 Å². The number of benzene rings is 1. The van der Waals surface area contributed by atoms with Crippen LogP contribution in [0.15, 0.2) is 30.3 Å². The standard InChI is InChI=1S/C18H23N3O/c1-12(2)15-7-6-8-16(11-15)19-18(22)10-9-17-13(3)20-21(5)14(17)4/h6-12H,1-5H3,(H,19,22)/b10-9+. The number of nitrogens with zero attached hydrogens (tertiary/aromatic N) is 2. The van der Waals surface area contributed by atoms with Crippen molar-refractivity contribution < 1.29 is 4.79 Å². The van der Waals surface area contributed by atoms with Gasteiger partial charge in [-0.25, -0.2) is 0 Å². The summed E-state index contributed by atoms with van der Waals surface area (Å²) >= 11 is 0. The zero-order valence-corrected chi connectivity index (χ0v) is 13.8. The molecule has 2 rings (SSSR count). The zero-order chi connectivity index (χ0) is 16.3. The Morgan fingerprint density at radius 2 is 2.05 bits per heavy atom. The molecule has 0 aliphatic carbocycles. The molecule has 0 atom stereocenters. The summed E-state index contributed by atoms with van der Waals surface area (Å²) in [6.07, 6.45) is 3.37. The minimum Gasteiger partial charge on any atom is -0.323 e. The Labute approximate surface area is 131 Å². The second-order valence-electron chi connectivity index (χ2n) is 5.81. The van der Waals surface area contributed by atoms with Gasteiger partial charge in [0.25, 0.3) is 0 Å². The third-order valence-corrected chi connectivity index (χ3v) is 3.79. The molecule has 1 amide bonds. The lowest BCUT2D eigenvalue weighted by Gasteiger charge is -2.08. The molecule has 0 radical (unpaired) electrons. The first-order valence-electron chi connectivity index (χ1n) is 7.47. The van der Waals surface area contributed by atoms with Gasteiger partial charge >= 0.3 is 0 Å². The number of hydrogen-bond donors (Lipinski definition) is 1. The summed E-state index contributed by atoms with van der Waals surface area (Å²) in [6.45, 7) is 8.20. The van der Waals surface area contributed by atoms with E-state index in [4.69, 9.17) is 0 Å². The van der Waals surface area contributed by atoms with Gasteiger partial charge in [-0.2, -0.15) is 5.10 Å². The number of nitrogens with one attached hydrogen (secondary N) is 1. The van der Waals surface area contributed by atoms with Gasteiger partial charge in [-0.05, 0) is 43.5 Å².